The minimum absolute atomic E-state index is 0.0687. The molecule has 28 heavy (non-hydrogen) atoms. The van der Waals surface area contributed by atoms with Gasteiger partial charge in [-0.05, 0) is 67.1 Å². The van der Waals surface area contributed by atoms with Crippen LogP contribution in [0.1, 0.15) is 28.7 Å². The van der Waals surface area contributed by atoms with Gasteiger partial charge in [-0.15, -0.1) is 0 Å². The van der Waals surface area contributed by atoms with Crippen LogP contribution in [0.3, 0.4) is 0 Å². The zero-order valence-corrected chi connectivity index (χ0v) is 17.2. The summed E-state index contributed by atoms with van der Waals surface area (Å²) in [4.78, 5) is 20.8. The molecule has 0 aliphatic heterocycles. The Bertz CT molecular complexity index is 925. The highest BCUT2D eigenvalue weighted by Crippen LogP contribution is 2.43. The highest BCUT2D eigenvalue weighted by Gasteiger charge is 2.25. The van der Waals surface area contributed by atoms with Crippen molar-refractivity contribution in [3.63, 3.8) is 0 Å². The van der Waals surface area contributed by atoms with E-state index in [-0.39, 0.29) is 12.0 Å². The molecule has 7 heteroatoms. The number of carboxylic acids is 1. The Kier molecular flexibility index (Phi) is 7.16. The molecule has 2 rings (SSSR count). The SMILES string of the molecule is Cc1cc(C)c(CCP(=O)(O)C[C@@H](O)CC(=O)O)c(-c2ccc(F)c(C)c2)c1. The van der Waals surface area contributed by atoms with E-state index in [0.29, 0.717) is 12.0 Å². The molecule has 0 heterocycles. The molecule has 2 aromatic carbocycles. The Hall–Kier alpha value is -2.01. The molecule has 152 valence electrons. The van der Waals surface area contributed by atoms with E-state index in [9.17, 15) is 23.7 Å². The lowest BCUT2D eigenvalue weighted by molar-refractivity contribution is -0.138. The summed E-state index contributed by atoms with van der Waals surface area (Å²) in [6.07, 6.45) is -2.14. The molecular formula is C21H26FO5P. The third-order valence-corrected chi connectivity index (χ3v) is 6.62. The van der Waals surface area contributed by atoms with Crippen LogP contribution in [0.25, 0.3) is 11.1 Å². The molecule has 0 spiro atoms. The van der Waals surface area contributed by atoms with E-state index in [0.717, 1.165) is 27.8 Å². The maximum Gasteiger partial charge on any atom is 0.305 e. The molecule has 0 fully saturated rings. The van der Waals surface area contributed by atoms with Crippen LogP contribution in [0.15, 0.2) is 30.3 Å². The number of aliphatic hydroxyl groups excluding tert-OH is 1. The van der Waals surface area contributed by atoms with E-state index in [1.54, 1.807) is 19.1 Å². The van der Waals surface area contributed by atoms with Gasteiger partial charge >= 0.3 is 5.97 Å². The van der Waals surface area contributed by atoms with E-state index in [1.165, 1.54) is 6.07 Å². The summed E-state index contributed by atoms with van der Waals surface area (Å²) in [5.74, 6) is -1.50. The maximum absolute atomic E-state index is 13.7. The molecule has 5 nitrogen and oxygen atoms in total. The number of carboxylic acid groups (broad SMARTS) is 1. The predicted molar refractivity (Wildman–Crippen MR) is 108 cm³/mol. The lowest BCUT2D eigenvalue weighted by Gasteiger charge is -2.18. The number of aryl methyl sites for hydroxylation is 3. The Morgan fingerprint density at radius 2 is 1.82 bits per heavy atom. The molecule has 0 aromatic heterocycles. The Balaban J connectivity index is 2.29. The Morgan fingerprint density at radius 1 is 1.14 bits per heavy atom. The van der Waals surface area contributed by atoms with Crippen molar-refractivity contribution in [1.29, 1.82) is 0 Å². The largest absolute Gasteiger partial charge is 0.481 e. The molecule has 0 saturated carbocycles. The topological polar surface area (TPSA) is 94.8 Å². The second-order valence-electron chi connectivity index (χ2n) is 7.33. The molecule has 0 saturated heterocycles. The van der Waals surface area contributed by atoms with Gasteiger partial charge in [-0.2, -0.15) is 0 Å². The third kappa shape index (κ3) is 5.99. The number of carbonyl (C=O) groups is 1. The molecule has 2 aromatic rings. The number of hydrogen-bond donors (Lipinski definition) is 3. The van der Waals surface area contributed by atoms with Crippen molar-refractivity contribution < 1.29 is 28.9 Å². The van der Waals surface area contributed by atoms with Crippen LogP contribution in [0.4, 0.5) is 4.39 Å². The molecule has 0 amide bonds. The van der Waals surface area contributed by atoms with E-state index < -0.39 is 32.0 Å². The van der Waals surface area contributed by atoms with Crippen molar-refractivity contribution in [1.82, 2.24) is 0 Å². The van der Waals surface area contributed by atoms with Crippen molar-refractivity contribution in [3.8, 4) is 11.1 Å². The monoisotopic (exact) mass is 408 g/mol. The fourth-order valence-electron chi connectivity index (χ4n) is 3.37. The minimum Gasteiger partial charge on any atom is -0.481 e. The second-order valence-corrected chi connectivity index (χ2v) is 9.83. The lowest BCUT2D eigenvalue weighted by Crippen LogP contribution is -2.18. The first-order valence-corrected chi connectivity index (χ1v) is 11.1. The number of hydrogen-bond acceptors (Lipinski definition) is 3. The van der Waals surface area contributed by atoms with Gasteiger partial charge < -0.3 is 15.1 Å². The van der Waals surface area contributed by atoms with Crippen molar-refractivity contribution in [3.05, 3.63) is 58.4 Å². The fourth-order valence-corrected chi connectivity index (χ4v) is 4.92. The lowest BCUT2D eigenvalue weighted by atomic mass is 9.91. The van der Waals surface area contributed by atoms with Gasteiger partial charge in [0.15, 0.2) is 0 Å². The predicted octanol–water partition coefficient (Wildman–Crippen LogP) is 4.07. The Morgan fingerprint density at radius 3 is 2.43 bits per heavy atom. The van der Waals surface area contributed by atoms with Crippen LogP contribution >= 0.6 is 7.37 Å². The molecule has 0 bridgehead atoms. The van der Waals surface area contributed by atoms with Gasteiger partial charge in [-0.1, -0.05) is 23.8 Å². The summed E-state index contributed by atoms with van der Waals surface area (Å²) in [6.45, 7) is 5.56. The second kappa shape index (κ2) is 8.99. The average Bonchev–Trinajstić information content (AvgIpc) is 2.54. The quantitative estimate of drug-likeness (QED) is 0.573. The summed E-state index contributed by atoms with van der Waals surface area (Å²) in [7, 11) is -3.70. The van der Waals surface area contributed by atoms with Crippen LogP contribution < -0.4 is 0 Å². The van der Waals surface area contributed by atoms with Crippen LogP contribution in [0, 0.1) is 26.6 Å². The summed E-state index contributed by atoms with van der Waals surface area (Å²) in [5.41, 5.74) is 5.11. The first kappa shape index (κ1) is 22.3. The van der Waals surface area contributed by atoms with Gasteiger partial charge in [0.05, 0.1) is 18.7 Å². The highest BCUT2D eigenvalue weighted by atomic mass is 31.2. The standard InChI is InChI=1S/C21H26FO5P/c1-13-8-14(2)18(6-7-28(26,27)12-17(23)11-21(24)25)19(9-13)16-4-5-20(22)15(3)10-16/h4-5,8-10,17,23H,6-7,11-12H2,1-3H3,(H,24,25)(H,26,27)/t17-/m0/s1. The summed E-state index contributed by atoms with van der Waals surface area (Å²) in [5, 5.41) is 18.4. The van der Waals surface area contributed by atoms with E-state index >= 15 is 0 Å². The van der Waals surface area contributed by atoms with Crippen LogP contribution in [-0.4, -0.2) is 39.5 Å². The van der Waals surface area contributed by atoms with Gasteiger partial charge in [-0.3, -0.25) is 9.36 Å². The van der Waals surface area contributed by atoms with Crippen molar-refractivity contribution >= 4 is 13.3 Å². The van der Waals surface area contributed by atoms with E-state index in [4.69, 9.17) is 5.11 Å². The summed E-state index contributed by atoms with van der Waals surface area (Å²) < 4.78 is 26.1. The number of benzene rings is 2. The van der Waals surface area contributed by atoms with Gasteiger partial charge in [-0.25, -0.2) is 4.39 Å². The van der Waals surface area contributed by atoms with Crippen LogP contribution in [0.5, 0.6) is 0 Å². The van der Waals surface area contributed by atoms with E-state index in [1.807, 2.05) is 26.0 Å². The summed E-state index contributed by atoms with van der Waals surface area (Å²) >= 11 is 0. The van der Waals surface area contributed by atoms with Crippen molar-refractivity contribution in [2.75, 3.05) is 12.3 Å². The first-order valence-electron chi connectivity index (χ1n) is 9.06. The minimum atomic E-state index is -3.70. The molecular weight excluding hydrogens is 382 g/mol. The molecule has 2 atom stereocenters. The molecule has 0 aliphatic carbocycles. The first-order chi connectivity index (χ1) is 13.0. The average molecular weight is 408 g/mol. The normalized spacial score (nSPS) is 14.5. The number of rotatable bonds is 8. The smallest absolute Gasteiger partial charge is 0.305 e. The molecule has 0 aliphatic rings. The summed E-state index contributed by atoms with van der Waals surface area (Å²) in [6, 6.07) is 8.80. The van der Waals surface area contributed by atoms with Gasteiger partial charge in [0.25, 0.3) is 0 Å². The van der Waals surface area contributed by atoms with Crippen LogP contribution in [0.2, 0.25) is 0 Å². The molecule has 0 radical (unpaired) electrons. The van der Waals surface area contributed by atoms with Gasteiger partial charge in [0.2, 0.25) is 7.37 Å². The van der Waals surface area contributed by atoms with Crippen LogP contribution in [-0.2, 0) is 15.8 Å². The molecule has 3 N–H and O–H groups in total. The maximum atomic E-state index is 13.7. The number of halogens is 1. The van der Waals surface area contributed by atoms with E-state index in [2.05, 4.69) is 0 Å². The van der Waals surface area contributed by atoms with Gasteiger partial charge in [0.1, 0.15) is 5.82 Å². The van der Waals surface area contributed by atoms with Crippen molar-refractivity contribution in [2.24, 2.45) is 0 Å². The highest BCUT2D eigenvalue weighted by molar-refractivity contribution is 7.58. The number of aliphatic carboxylic acids is 1. The Labute approximate surface area is 164 Å². The van der Waals surface area contributed by atoms with Crippen molar-refractivity contribution in [2.45, 2.75) is 39.7 Å². The zero-order valence-electron chi connectivity index (χ0n) is 16.3. The fraction of sp³-hybridized carbons (Fsp3) is 0.381. The number of aliphatic hydroxyl groups is 1. The zero-order chi connectivity index (χ0) is 21.1. The third-order valence-electron chi connectivity index (χ3n) is 4.70. The van der Waals surface area contributed by atoms with Gasteiger partial charge in [0, 0.05) is 6.16 Å². The molecule has 1 unspecified atom stereocenters.